The van der Waals surface area contributed by atoms with E-state index >= 15 is 0 Å². The summed E-state index contributed by atoms with van der Waals surface area (Å²) in [5.74, 6) is 0.229. The van der Waals surface area contributed by atoms with Crippen LogP contribution in [-0.4, -0.2) is 39.4 Å². The molecule has 10 heavy (non-hydrogen) atoms. The first-order chi connectivity index (χ1) is 4.30. The fourth-order valence-electron chi connectivity index (χ4n) is 0.950. The van der Waals surface area contributed by atoms with Crippen LogP contribution in [0.4, 0.5) is 0 Å². The fraction of sp³-hybridized carbons (Fsp3) is 0.833. The standard InChI is InChI=1S/C6H10BrNO.Mg.2H/c7-8-5-3-1-2-4-6(8)9;;;/h1-5H2;;;/q;+2;2*-1. The summed E-state index contributed by atoms with van der Waals surface area (Å²) in [6, 6.07) is 0. The first-order valence-corrected chi connectivity index (χ1v) is 3.98. The quantitative estimate of drug-likeness (QED) is 0.446. The van der Waals surface area contributed by atoms with Gasteiger partial charge < -0.3 is 2.85 Å². The van der Waals surface area contributed by atoms with Crippen molar-refractivity contribution in [2.45, 2.75) is 25.7 Å². The van der Waals surface area contributed by atoms with Gasteiger partial charge in [-0.2, -0.15) is 0 Å². The molecular formula is C6H12BrMgNO. The summed E-state index contributed by atoms with van der Waals surface area (Å²) >= 11 is 3.19. The molecule has 0 unspecified atom stereocenters. The third-order valence-corrected chi connectivity index (χ3v) is 2.27. The number of nitrogens with zero attached hydrogens (tertiary/aromatic N) is 1. The molecule has 0 spiro atoms. The number of rotatable bonds is 0. The van der Waals surface area contributed by atoms with Crippen molar-refractivity contribution in [1.29, 1.82) is 0 Å². The molecule has 0 aromatic heterocycles. The van der Waals surface area contributed by atoms with Crippen molar-refractivity contribution < 1.29 is 7.65 Å². The zero-order chi connectivity index (χ0) is 6.69. The topological polar surface area (TPSA) is 20.3 Å². The second-order valence-corrected chi connectivity index (χ2v) is 3.15. The third-order valence-electron chi connectivity index (χ3n) is 1.52. The molecule has 0 N–H and O–H groups in total. The van der Waals surface area contributed by atoms with Crippen molar-refractivity contribution in [3.8, 4) is 0 Å². The van der Waals surface area contributed by atoms with Crippen molar-refractivity contribution in [2.75, 3.05) is 6.54 Å². The van der Waals surface area contributed by atoms with Crippen LogP contribution in [0.25, 0.3) is 0 Å². The minimum absolute atomic E-state index is 0. The summed E-state index contributed by atoms with van der Waals surface area (Å²) in [6.45, 7) is 0.874. The van der Waals surface area contributed by atoms with E-state index in [1.54, 1.807) is 3.93 Å². The van der Waals surface area contributed by atoms with Crippen LogP contribution in [0.1, 0.15) is 28.5 Å². The Morgan fingerprint density at radius 1 is 1.40 bits per heavy atom. The van der Waals surface area contributed by atoms with Crippen molar-refractivity contribution in [3.63, 3.8) is 0 Å². The van der Waals surface area contributed by atoms with E-state index < -0.39 is 0 Å². The van der Waals surface area contributed by atoms with Gasteiger partial charge in [0.15, 0.2) is 0 Å². The summed E-state index contributed by atoms with van der Waals surface area (Å²) in [5.41, 5.74) is 0. The van der Waals surface area contributed by atoms with Crippen LogP contribution in [0.3, 0.4) is 0 Å². The first kappa shape index (κ1) is 10.7. The smallest absolute Gasteiger partial charge is 1.00 e. The largest absolute Gasteiger partial charge is 2.00 e. The second kappa shape index (κ2) is 5.38. The summed E-state index contributed by atoms with van der Waals surface area (Å²) in [5, 5.41) is 0. The molecule has 1 heterocycles. The van der Waals surface area contributed by atoms with Crippen LogP contribution in [0.15, 0.2) is 0 Å². The van der Waals surface area contributed by atoms with Crippen LogP contribution in [0, 0.1) is 0 Å². The van der Waals surface area contributed by atoms with E-state index in [-0.39, 0.29) is 31.8 Å². The van der Waals surface area contributed by atoms with Crippen LogP contribution in [0.2, 0.25) is 0 Å². The van der Waals surface area contributed by atoms with E-state index in [4.69, 9.17) is 0 Å². The molecule has 0 aromatic rings. The zero-order valence-electron chi connectivity index (χ0n) is 7.98. The molecular weight excluding hydrogens is 206 g/mol. The molecule has 56 valence electrons. The number of amides is 1. The van der Waals surface area contributed by atoms with Gasteiger partial charge in [-0.05, 0) is 12.8 Å². The van der Waals surface area contributed by atoms with Gasteiger partial charge >= 0.3 is 23.1 Å². The molecule has 1 aliphatic heterocycles. The van der Waals surface area contributed by atoms with Crippen molar-refractivity contribution in [2.24, 2.45) is 0 Å². The van der Waals surface area contributed by atoms with E-state index in [1.165, 1.54) is 6.42 Å². The zero-order valence-corrected chi connectivity index (χ0v) is 8.98. The van der Waals surface area contributed by atoms with Gasteiger partial charge in [-0.15, -0.1) is 0 Å². The third kappa shape index (κ3) is 3.21. The maximum absolute atomic E-state index is 10.9. The maximum Gasteiger partial charge on any atom is 2.00 e. The Morgan fingerprint density at radius 3 is 2.80 bits per heavy atom. The minimum Gasteiger partial charge on any atom is -1.00 e. The molecule has 2 nitrogen and oxygen atoms in total. The van der Waals surface area contributed by atoms with Gasteiger partial charge in [0, 0.05) is 13.0 Å². The minimum atomic E-state index is 0. The van der Waals surface area contributed by atoms with Crippen LogP contribution in [-0.2, 0) is 4.79 Å². The predicted molar refractivity (Wildman–Crippen MR) is 47.1 cm³/mol. The summed E-state index contributed by atoms with van der Waals surface area (Å²) in [4.78, 5) is 10.9. The number of carbonyl (C=O) groups excluding carboxylic acids is 1. The Labute approximate surface area is 88.8 Å². The van der Waals surface area contributed by atoms with Crippen LogP contribution in [0.5, 0.6) is 0 Å². The fourth-order valence-corrected chi connectivity index (χ4v) is 1.38. The molecule has 1 aliphatic rings. The van der Waals surface area contributed by atoms with Gasteiger partial charge in [0.05, 0.1) is 16.1 Å². The molecule has 1 rings (SSSR count). The SMILES string of the molecule is O=C1CCCCCN1Br.[H-].[H-].[Mg+2]. The second-order valence-electron chi connectivity index (χ2n) is 2.29. The molecule has 0 atom stereocenters. The van der Waals surface area contributed by atoms with E-state index in [0.29, 0.717) is 6.42 Å². The molecule has 0 radical (unpaired) electrons. The van der Waals surface area contributed by atoms with Crippen molar-refractivity contribution in [1.82, 2.24) is 3.93 Å². The average Bonchev–Trinajstić information content (AvgIpc) is 1.99. The van der Waals surface area contributed by atoms with Gasteiger partial charge in [-0.1, -0.05) is 6.42 Å². The van der Waals surface area contributed by atoms with Gasteiger partial charge in [-0.25, -0.2) is 0 Å². The average molecular weight is 218 g/mol. The molecule has 1 fully saturated rings. The summed E-state index contributed by atoms with van der Waals surface area (Å²) < 4.78 is 1.64. The van der Waals surface area contributed by atoms with Crippen molar-refractivity contribution >= 4 is 45.1 Å². The molecule has 1 saturated heterocycles. The Balaban J connectivity index is -0.000000270. The molecule has 1 amide bonds. The molecule has 0 saturated carbocycles. The summed E-state index contributed by atoms with van der Waals surface area (Å²) in [7, 11) is 0. The predicted octanol–water partition coefficient (Wildman–Crippen LogP) is 1.54. The van der Waals surface area contributed by atoms with Crippen molar-refractivity contribution in [3.05, 3.63) is 0 Å². The normalized spacial score (nSPS) is 19.7. The number of hydrogen-bond acceptors (Lipinski definition) is 1. The van der Waals surface area contributed by atoms with E-state index in [2.05, 4.69) is 16.1 Å². The maximum atomic E-state index is 10.9. The summed E-state index contributed by atoms with van der Waals surface area (Å²) in [6.07, 6.45) is 4.09. The Kier molecular flexibility index (Phi) is 5.76. The van der Waals surface area contributed by atoms with Crippen LogP contribution < -0.4 is 0 Å². The van der Waals surface area contributed by atoms with E-state index in [1.807, 2.05) is 0 Å². The monoisotopic (exact) mass is 217 g/mol. The van der Waals surface area contributed by atoms with Gasteiger partial charge in [0.1, 0.15) is 0 Å². The molecule has 0 aromatic carbocycles. The number of hydrogen-bond donors (Lipinski definition) is 0. The van der Waals surface area contributed by atoms with Gasteiger partial charge in [0.25, 0.3) is 0 Å². The Bertz CT molecular complexity index is 128. The van der Waals surface area contributed by atoms with E-state index in [0.717, 1.165) is 19.4 Å². The Morgan fingerprint density at radius 2 is 2.10 bits per heavy atom. The number of carbonyl (C=O) groups is 1. The first-order valence-electron chi connectivity index (χ1n) is 3.27. The Hall–Kier alpha value is 0.716. The molecule has 4 heteroatoms. The van der Waals surface area contributed by atoms with Gasteiger partial charge in [0.2, 0.25) is 5.91 Å². The number of halogens is 1. The molecule has 0 aliphatic carbocycles. The van der Waals surface area contributed by atoms with Crippen LogP contribution >= 0.6 is 16.1 Å². The van der Waals surface area contributed by atoms with E-state index in [9.17, 15) is 4.79 Å². The van der Waals surface area contributed by atoms with Gasteiger partial charge in [-0.3, -0.25) is 8.72 Å². The molecule has 0 bridgehead atoms.